The van der Waals surface area contributed by atoms with Gasteiger partial charge in [0.05, 0.1) is 0 Å². The van der Waals surface area contributed by atoms with Crippen molar-refractivity contribution in [3.05, 3.63) is 12.2 Å². The Morgan fingerprint density at radius 2 is 1.93 bits per heavy atom. The normalized spacial score (nSPS) is 13.5. The maximum absolute atomic E-state index is 4.00. The molecule has 0 bridgehead atoms. The number of rotatable bonds is 8. The van der Waals surface area contributed by atoms with Crippen LogP contribution in [0.4, 0.5) is 0 Å². The maximum atomic E-state index is 4.00. The topological polar surface area (TPSA) is 15.3 Å². The van der Waals surface area contributed by atoms with Gasteiger partial charge < -0.3 is 5.32 Å². The lowest BCUT2D eigenvalue weighted by Crippen LogP contribution is -2.46. The molecule has 0 rings (SSSR count). The highest BCUT2D eigenvalue weighted by Gasteiger charge is 2.19. The number of hydrogen-bond donors (Lipinski definition) is 1. The van der Waals surface area contributed by atoms with E-state index in [1.807, 2.05) is 0 Å². The zero-order valence-corrected chi connectivity index (χ0v) is 11.1. The van der Waals surface area contributed by atoms with Gasteiger partial charge in [0, 0.05) is 19.1 Å². The first-order chi connectivity index (χ1) is 7.02. The van der Waals surface area contributed by atoms with Crippen LogP contribution in [0.2, 0.25) is 0 Å². The number of likely N-dealkylation sites (N-methyl/N-ethyl adjacent to an activating group) is 2. The van der Waals surface area contributed by atoms with E-state index in [0.29, 0.717) is 12.0 Å². The van der Waals surface area contributed by atoms with Crippen molar-refractivity contribution < 1.29 is 0 Å². The molecule has 0 amide bonds. The van der Waals surface area contributed by atoms with Gasteiger partial charge in [0.15, 0.2) is 0 Å². The van der Waals surface area contributed by atoms with Gasteiger partial charge in [-0.2, -0.15) is 0 Å². The minimum atomic E-state index is 0.617. The average Bonchev–Trinajstić information content (AvgIpc) is 2.15. The Kier molecular flexibility index (Phi) is 7.71. The first-order valence-corrected chi connectivity index (χ1v) is 6.12. The largest absolute Gasteiger partial charge is 0.315 e. The second-order valence-electron chi connectivity index (χ2n) is 4.64. The van der Waals surface area contributed by atoms with Crippen molar-refractivity contribution in [2.24, 2.45) is 5.92 Å². The van der Waals surface area contributed by atoms with E-state index in [9.17, 15) is 0 Å². The number of nitrogens with zero attached hydrogens (tertiary/aromatic N) is 1. The van der Waals surface area contributed by atoms with Crippen molar-refractivity contribution in [2.75, 3.05) is 26.2 Å². The summed E-state index contributed by atoms with van der Waals surface area (Å²) in [5, 5.41) is 3.45. The lowest BCUT2D eigenvalue weighted by atomic mass is 10.0. The first-order valence-electron chi connectivity index (χ1n) is 6.12. The average molecular weight is 212 g/mol. The van der Waals surface area contributed by atoms with E-state index in [2.05, 4.69) is 51.4 Å². The predicted molar refractivity (Wildman–Crippen MR) is 69.2 cm³/mol. The lowest BCUT2D eigenvalue weighted by molar-refractivity contribution is 0.173. The second-order valence-corrected chi connectivity index (χ2v) is 4.64. The van der Waals surface area contributed by atoms with Crippen LogP contribution in [0.1, 0.15) is 34.6 Å². The van der Waals surface area contributed by atoms with Gasteiger partial charge in [-0.05, 0) is 25.9 Å². The molecule has 1 unspecified atom stereocenters. The second kappa shape index (κ2) is 7.89. The summed E-state index contributed by atoms with van der Waals surface area (Å²) in [5.41, 5.74) is 1.25. The molecule has 0 aromatic heterocycles. The molecule has 0 aliphatic rings. The molecule has 90 valence electrons. The zero-order chi connectivity index (χ0) is 11.8. The third-order valence-electron chi connectivity index (χ3n) is 2.72. The maximum Gasteiger partial charge on any atom is 0.0246 e. The van der Waals surface area contributed by atoms with Gasteiger partial charge in [0.2, 0.25) is 0 Å². The summed E-state index contributed by atoms with van der Waals surface area (Å²) in [6.07, 6.45) is 0. The van der Waals surface area contributed by atoms with E-state index < -0.39 is 0 Å². The van der Waals surface area contributed by atoms with Crippen LogP contribution >= 0.6 is 0 Å². The number of hydrogen-bond acceptors (Lipinski definition) is 2. The molecule has 0 aromatic carbocycles. The third kappa shape index (κ3) is 5.95. The molecule has 0 spiro atoms. The fourth-order valence-corrected chi connectivity index (χ4v) is 1.89. The highest BCUT2D eigenvalue weighted by Crippen LogP contribution is 2.11. The molecule has 0 aliphatic carbocycles. The molecule has 2 nitrogen and oxygen atoms in total. The highest BCUT2D eigenvalue weighted by atomic mass is 15.2. The van der Waals surface area contributed by atoms with Gasteiger partial charge in [-0.3, -0.25) is 4.90 Å². The van der Waals surface area contributed by atoms with Crippen LogP contribution in [0.5, 0.6) is 0 Å². The Morgan fingerprint density at radius 1 is 1.33 bits per heavy atom. The molecule has 15 heavy (non-hydrogen) atoms. The minimum Gasteiger partial charge on any atom is -0.315 e. The third-order valence-corrected chi connectivity index (χ3v) is 2.72. The molecule has 0 heterocycles. The molecule has 0 fully saturated rings. The van der Waals surface area contributed by atoms with Crippen LogP contribution in [-0.4, -0.2) is 37.1 Å². The van der Waals surface area contributed by atoms with Gasteiger partial charge in [0.1, 0.15) is 0 Å². The van der Waals surface area contributed by atoms with Crippen molar-refractivity contribution in [3.8, 4) is 0 Å². The monoisotopic (exact) mass is 212 g/mol. The van der Waals surface area contributed by atoms with Crippen LogP contribution < -0.4 is 5.32 Å². The standard InChI is InChI=1S/C13H28N2/c1-7-14-9-13(12(5)6)15(8-2)10-11(3)4/h12-14H,3,7-10H2,1-2,4-6H3. The fourth-order valence-electron chi connectivity index (χ4n) is 1.89. The Balaban J connectivity index is 4.33. The summed E-state index contributed by atoms with van der Waals surface area (Å²) in [4.78, 5) is 2.51. The predicted octanol–water partition coefficient (Wildman–Crippen LogP) is 2.52. The van der Waals surface area contributed by atoms with Crippen LogP contribution in [0, 0.1) is 5.92 Å². The molecule has 2 heteroatoms. The molecule has 0 saturated heterocycles. The molecule has 0 aliphatic heterocycles. The van der Waals surface area contributed by atoms with E-state index in [1.54, 1.807) is 0 Å². The van der Waals surface area contributed by atoms with Crippen molar-refractivity contribution in [1.82, 2.24) is 10.2 Å². The Hall–Kier alpha value is -0.340. The number of nitrogens with one attached hydrogen (secondary N) is 1. The fraction of sp³-hybridized carbons (Fsp3) is 0.846. The Bertz CT molecular complexity index is 175. The van der Waals surface area contributed by atoms with Crippen molar-refractivity contribution in [2.45, 2.75) is 40.7 Å². The Labute approximate surface area is 95.7 Å². The first kappa shape index (κ1) is 14.7. The zero-order valence-electron chi connectivity index (χ0n) is 11.1. The summed E-state index contributed by atoms with van der Waals surface area (Å²) >= 11 is 0. The Morgan fingerprint density at radius 3 is 2.27 bits per heavy atom. The van der Waals surface area contributed by atoms with E-state index in [-0.39, 0.29) is 0 Å². The van der Waals surface area contributed by atoms with Gasteiger partial charge in [-0.15, -0.1) is 0 Å². The molecule has 1 N–H and O–H groups in total. The minimum absolute atomic E-state index is 0.617. The van der Waals surface area contributed by atoms with Crippen molar-refractivity contribution in [1.29, 1.82) is 0 Å². The van der Waals surface area contributed by atoms with Gasteiger partial charge >= 0.3 is 0 Å². The van der Waals surface area contributed by atoms with Gasteiger partial charge in [-0.1, -0.05) is 39.8 Å². The van der Waals surface area contributed by atoms with Gasteiger partial charge in [0.25, 0.3) is 0 Å². The summed E-state index contributed by atoms with van der Waals surface area (Å²) in [5.74, 6) is 0.684. The van der Waals surface area contributed by atoms with E-state index >= 15 is 0 Å². The van der Waals surface area contributed by atoms with E-state index in [4.69, 9.17) is 0 Å². The summed E-state index contributed by atoms with van der Waals surface area (Å²) in [6, 6.07) is 0.617. The molecule has 1 atom stereocenters. The summed E-state index contributed by atoms with van der Waals surface area (Å²) in [6.45, 7) is 19.3. The smallest absolute Gasteiger partial charge is 0.0246 e. The van der Waals surface area contributed by atoms with E-state index in [1.165, 1.54) is 5.57 Å². The van der Waals surface area contributed by atoms with E-state index in [0.717, 1.165) is 26.2 Å². The molecule has 0 radical (unpaired) electrons. The quantitative estimate of drug-likeness (QED) is 0.622. The molecular formula is C13H28N2. The van der Waals surface area contributed by atoms with Crippen LogP contribution in [0.25, 0.3) is 0 Å². The van der Waals surface area contributed by atoms with Crippen LogP contribution in [0.3, 0.4) is 0 Å². The summed E-state index contributed by atoms with van der Waals surface area (Å²) in [7, 11) is 0. The lowest BCUT2D eigenvalue weighted by Gasteiger charge is -2.34. The SMILES string of the molecule is C=C(C)CN(CC)C(CNCC)C(C)C. The highest BCUT2D eigenvalue weighted by molar-refractivity contribution is 4.94. The van der Waals surface area contributed by atoms with Crippen molar-refractivity contribution >= 4 is 0 Å². The van der Waals surface area contributed by atoms with Crippen LogP contribution in [0.15, 0.2) is 12.2 Å². The molecule has 0 aromatic rings. The summed E-state index contributed by atoms with van der Waals surface area (Å²) < 4.78 is 0. The molecular weight excluding hydrogens is 184 g/mol. The molecule has 0 saturated carbocycles. The van der Waals surface area contributed by atoms with Crippen molar-refractivity contribution in [3.63, 3.8) is 0 Å². The van der Waals surface area contributed by atoms with Gasteiger partial charge in [-0.25, -0.2) is 0 Å². The van der Waals surface area contributed by atoms with Crippen LogP contribution in [-0.2, 0) is 0 Å².